The number of halogens is 3. The van der Waals surface area contributed by atoms with E-state index in [9.17, 15) is 33.2 Å². The van der Waals surface area contributed by atoms with Crippen LogP contribution in [0.25, 0.3) is 0 Å². The van der Waals surface area contributed by atoms with Gasteiger partial charge in [-0.3, -0.25) is 14.9 Å². The molecule has 1 amide bonds. The normalized spacial score (nSPS) is 21.9. The number of alkyl halides is 3. The zero-order valence-corrected chi connectivity index (χ0v) is 11.3. The molecule has 0 bridgehead atoms. The first-order valence-corrected chi connectivity index (χ1v) is 6.43. The van der Waals surface area contributed by atoms with E-state index in [1.165, 1.54) is 24.3 Å². The Hall–Kier alpha value is -2.16. The van der Waals surface area contributed by atoms with Crippen LogP contribution < -0.4 is 0 Å². The summed E-state index contributed by atoms with van der Waals surface area (Å²) in [6.45, 7) is -1.09. The van der Waals surface area contributed by atoms with Crippen LogP contribution in [-0.4, -0.2) is 45.7 Å². The molecule has 22 heavy (non-hydrogen) atoms. The van der Waals surface area contributed by atoms with Gasteiger partial charge in [-0.05, 0) is 0 Å². The first kappa shape index (κ1) is 16.2. The molecule has 1 saturated heterocycles. The standard InChI is InChI=1S/C13H13F3N2O4/c14-13(15,16)12(20)5-6-17(8-12)11(19)7-9-3-1-2-4-10(9)18(21)22/h1-4,20H,5-8H2/t12-/m0/s1. The van der Waals surface area contributed by atoms with Gasteiger partial charge in [0.15, 0.2) is 5.60 Å². The van der Waals surface area contributed by atoms with E-state index in [-0.39, 0.29) is 24.2 Å². The maximum absolute atomic E-state index is 12.7. The van der Waals surface area contributed by atoms with Crippen molar-refractivity contribution in [3.8, 4) is 0 Å². The van der Waals surface area contributed by atoms with Gasteiger partial charge in [-0.2, -0.15) is 13.2 Å². The van der Waals surface area contributed by atoms with Crippen LogP contribution in [0, 0.1) is 10.1 Å². The van der Waals surface area contributed by atoms with Crippen LogP contribution in [0.5, 0.6) is 0 Å². The number of nitro groups is 1. The number of hydrogen-bond acceptors (Lipinski definition) is 4. The van der Waals surface area contributed by atoms with Crippen molar-refractivity contribution in [2.24, 2.45) is 0 Å². The summed E-state index contributed by atoms with van der Waals surface area (Å²) in [5.74, 6) is -0.686. The lowest BCUT2D eigenvalue weighted by Gasteiger charge is -2.25. The first-order valence-electron chi connectivity index (χ1n) is 6.43. The second-order valence-corrected chi connectivity index (χ2v) is 5.16. The number of aliphatic hydroxyl groups is 1. The maximum atomic E-state index is 12.7. The second-order valence-electron chi connectivity index (χ2n) is 5.16. The topological polar surface area (TPSA) is 83.7 Å². The van der Waals surface area contributed by atoms with Gasteiger partial charge in [-0.15, -0.1) is 0 Å². The van der Waals surface area contributed by atoms with Crippen molar-refractivity contribution < 1.29 is 28.0 Å². The number of para-hydroxylation sites is 1. The van der Waals surface area contributed by atoms with E-state index in [0.717, 1.165) is 4.90 Å². The van der Waals surface area contributed by atoms with Gasteiger partial charge in [0.2, 0.25) is 5.91 Å². The molecular weight excluding hydrogens is 305 g/mol. The predicted molar refractivity (Wildman–Crippen MR) is 69.0 cm³/mol. The molecule has 1 aromatic rings. The Bertz CT molecular complexity index is 605. The van der Waals surface area contributed by atoms with E-state index in [0.29, 0.717) is 0 Å². The molecule has 120 valence electrons. The fourth-order valence-electron chi connectivity index (χ4n) is 2.35. The average Bonchev–Trinajstić information content (AvgIpc) is 2.83. The summed E-state index contributed by atoms with van der Waals surface area (Å²) in [5.41, 5.74) is -3.05. The van der Waals surface area contributed by atoms with Gasteiger partial charge < -0.3 is 10.0 Å². The summed E-state index contributed by atoms with van der Waals surface area (Å²) in [4.78, 5) is 23.1. The predicted octanol–water partition coefficient (Wildman–Crippen LogP) is 1.66. The summed E-state index contributed by atoms with van der Waals surface area (Å²) >= 11 is 0. The van der Waals surface area contributed by atoms with E-state index >= 15 is 0 Å². The molecule has 1 atom stereocenters. The minimum absolute atomic E-state index is 0.125. The molecule has 0 radical (unpaired) electrons. The van der Waals surface area contributed by atoms with E-state index in [2.05, 4.69) is 0 Å². The zero-order valence-electron chi connectivity index (χ0n) is 11.3. The van der Waals surface area contributed by atoms with Gasteiger partial charge in [0.25, 0.3) is 5.69 Å². The number of hydrogen-bond donors (Lipinski definition) is 1. The van der Waals surface area contributed by atoms with Gasteiger partial charge in [0.1, 0.15) is 0 Å². The van der Waals surface area contributed by atoms with E-state index < -0.39 is 35.6 Å². The number of rotatable bonds is 3. The SMILES string of the molecule is O=C(Cc1ccccc1[N+](=O)[O-])N1CC[C@@](O)(C(F)(F)F)C1. The van der Waals surface area contributed by atoms with Crippen LogP contribution >= 0.6 is 0 Å². The molecule has 6 nitrogen and oxygen atoms in total. The van der Waals surface area contributed by atoms with Crippen LogP contribution in [0.2, 0.25) is 0 Å². The molecule has 1 aliphatic rings. The highest BCUT2D eigenvalue weighted by atomic mass is 19.4. The van der Waals surface area contributed by atoms with E-state index in [1.807, 2.05) is 0 Å². The molecule has 1 aliphatic heterocycles. The summed E-state index contributed by atoms with van der Waals surface area (Å²) in [6.07, 6.45) is -5.80. The van der Waals surface area contributed by atoms with Crippen LogP contribution in [0.15, 0.2) is 24.3 Å². The Morgan fingerprint density at radius 1 is 1.41 bits per heavy atom. The summed E-state index contributed by atoms with van der Waals surface area (Å²) in [7, 11) is 0. The van der Waals surface area contributed by atoms with Crippen molar-refractivity contribution in [2.45, 2.75) is 24.6 Å². The lowest BCUT2D eigenvalue weighted by atomic mass is 10.0. The summed E-state index contributed by atoms with van der Waals surface area (Å²) < 4.78 is 38.1. The average molecular weight is 318 g/mol. The molecule has 1 aromatic carbocycles. The minimum Gasteiger partial charge on any atom is -0.379 e. The van der Waals surface area contributed by atoms with Crippen LogP contribution in [0.4, 0.5) is 18.9 Å². The number of carbonyl (C=O) groups is 1. The van der Waals surface area contributed by atoms with Crippen molar-refractivity contribution in [3.05, 3.63) is 39.9 Å². The highest BCUT2D eigenvalue weighted by Crippen LogP contribution is 2.37. The Morgan fingerprint density at radius 3 is 2.59 bits per heavy atom. The van der Waals surface area contributed by atoms with Crippen LogP contribution in [0.3, 0.4) is 0 Å². The highest BCUT2D eigenvalue weighted by molar-refractivity contribution is 5.80. The van der Waals surface area contributed by atoms with Gasteiger partial charge >= 0.3 is 6.18 Å². The molecule has 0 unspecified atom stereocenters. The second kappa shape index (κ2) is 5.56. The quantitative estimate of drug-likeness (QED) is 0.678. The Labute approximate surface area is 123 Å². The van der Waals surface area contributed by atoms with Crippen LogP contribution in [0.1, 0.15) is 12.0 Å². The molecule has 0 spiro atoms. The molecule has 0 saturated carbocycles. The molecule has 0 aliphatic carbocycles. The number of likely N-dealkylation sites (tertiary alicyclic amines) is 1. The number of amides is 1. The third-order valence-electron chi connectivity index (χ3n) is 3.66. The fraction of sp³-hybridized carbons (Fsp3) is 0.462. The van der Waals surface area contributed by atoms with Gasteiger partial charge in [0, 0.05) is 24.6 Å². The number of carbonyl (C=O) groups excluding carboxylic acids is 1. The molecule has 1 N–H and O–H groups in total. The fourth-order valence-corrected chi connectivity index (χ4v) is 2.35. The lowest BCUT2D eigenvalue weighted by Crippen LogP contribution is -2.48. The summed E-state index contributed by atoms with van der Waals surface area (Å²) in [5, 5.41) is 20.4. The van der Waals surface area contributed by atoms with E-state index in [1.54, 1.807) is 0 Å². The lowest BCUT2D eigenvalue weighted by molar-refractivity contribution is -0.385. The summed E-state index contributed by atoms with van der Waals surface area (Å²) in [6, 6.07) is 5.54. The van der Waals surface area contributed by atoms with Crippen molar-refractivity contribution in [2.75, 3.05) is 13.1 Å². The highest BCUT2D eigenvalue weighted by Gasteiger charge is 2.57. The molecular formula is C13H13F3N2O4. The number of β-amino-alcohol motifs (C(OH)–C–C–N with tert-alkyl or cyclic N) is 1. The maximum Gasteiger partial charge on any atom is 0.419 e. The molecule has 0 aromatic heterocycles. The van der Waals surface area contributed by atoms with Gasteiger partial charge in [0.05, 0.1) is 17.9 Å². The van der Waals surface area contributed by atoms with Crippen molar-refractivity contribution in [3.63, 3.8) is 0 Å². The number of nitrogens with zero attached hydrogens (tertiary/aromatic N) is 2. The minimum atomic E-state index is -4.82. The van der Waals surface area contributed by atoms with Crippen LogP contribution in [-0.2, 0) is 11.2 Å². The van der Waals surface area contributed by atoms with E-state index in [4.69, 9.17) is 0 Å². The first-order chi connectivity index (χ1) is 10.1. The Balaban J connectivity index is 2.11. The van der Waals surface area contributed by atoms with Crippen molar-refractivity contribution >= 4 is 11.6 Å². The Kier molecular flexibility index (Phi) is 4.10. The molecule has 1 fully saturated rings. The number of nitro benzene ring substituents is 1. The van der Waals surface area contributed by atoms with Crippen molar-refractivity contribution in [1.82, 2.24) is 4.90 Å². The third kappa shape index (κ3) is 3.03. The zero-order chi connectivity index (χ0) is 16.5. The molecule has 9 heteroatoms. The van der Waals surface area contributed by atoms with Gasteiger partial charge in [-0.1, -0.05) is 18.2 Å². The third-order valence-corrected chi connectivity index (χ3v) is 3.66. The largest absolute Gasteiger partial charge is 0.419 e. The smallest absolute Gasteiger partial charge is 0.379 e. The molecule has 2 rings (SSSR count). The van der Waals surface area contributed by atoms with Gasteiger partial charge in [-0.25, -0.2) is 0 Å². The monoisotopic (exact) mass is 318 g/mol. The number of benzene rings is 1. The molecule has 1 heterocycles. The van der Waals surface area contributed by atoms with Crippen molar-refractivity contribution in [1.29, 1.82) is 0 Å². The Morgan fingerprint density at radius 2 is 2.05 bits per heavy atom.